The van der Waals surface area contributed by atoms with Crippen molar-refractivity contribution >= 4 is 17.2 Å². The van der Waals surface area contributed by atoms with Crippen LogP contribution in [0.15, 0.2) is 60.1 Å². The quantitative estimate of drug-likeness (QED) is 0.662. The molecule has 3 aromatic rings. The Bertz CT molecular complexity index is 735. The Morgan fingerprint density at radius 3 is 2.45 bits per heavy atom. The molecule has 0 aliphatic rings. The van der Waals surface area contributed by atoms with Gasteiger partial charge < -0.3 is 4.90 Å². The first kappa shape index (κ1) is 14.8. The Hall–Kier alpha value is -2.13. The van der Waals surface area contributed by atoms with Crippen LogP contribution in [0.25, 0.3) is 0 Å². The van der Waals surface area contributed by atoms with Gasteiger partial charge in [-0.3, -0.25) is 0 Å². The first-order valence-electron chi connectivity index (χ1n) is 7.47. The van der Waals surface area contributed by atoms with E-state index in [1.165, 1.54) is 21.6 Å². The molecule has 0 bridgehead atoms. The lowest BCUT2D eigenvalue weighted by atomic mass is 10.1. The molecular formula is C19H20N2S. The summed E-state index contributed by atoms with van der Waals surface area (Å²) in [5.74, 6) is 1.07. The lowest BCUT2D eigenvalue weighted by molar-refractivity contribution is 0.784. The van der Waals surface area contributed by atoms with Crippen LogP contribution in [0.3, 0.4) is 0 Å². The van der Waals surface area contributed by atoms with Gasteiger partial charge in [0.2, 0.25) is 0 Å². The molecule has 0 aliphatic heterocycles. The molecule has 1 aromatic carbocycles. The third-order valence-corrected chi connectivity index (χ3v) is 4.69. The highest BCUT2D eigenvalue weighted by Crippen LogP contribution is 2.24. The number of anilines is 1. The average molecular weight is 308 g/mol. The number of hydrogen-bond donors (Lipinski definition) is 0. The molecule has 0 saturated heterocycles. The maximum atomic E-state index is 4.62. The Morgan fingerprint density at radius 2 is 1.73 bits per heavy atom. The van der Waals surface area contributed by atoms with Gasteiger partial charge in [0.1, 0.15) is 5.82 Å². The van der Waals surface area contributed by atoms with E-state index in [1.54, 1.807) is 11.3 Å². The second-order valence-electron chi connectivity index (χ2n) is 5.51. The Balaban J connectivity index is 1.92. The summed E-state index contributed by atoms with van der Waals surface area (Å²) in [6.45, 7) is 6.07. The zero-order valence-corrected chi connectivity index (χ0v) is 13.8. The molecule has 2 heterocycles. The van der Waals surface area contributed by atoms with E-state index in [4.69, 9.17) is 0 Å². The molecular weight excluding hydrogens is 288 g/mol. The van der Waals surface area contributed by atoms with Crippen LogP contribution in [0.1, 0.15) is 21.6 Å². The highest BCUT2D eigenvalue weighted by atomic mass is 32.1. The minimum Gasteiger partial charge on any atom is -0.347 e. The molecule has 0 spiro atoms. The molecule has 3 rings (SSSR count). The third-order valence-electron chi connectivity index (χ3n) is 3.83. The predicted octanol–water partition coefficient (Wildman–Crippen LogP) is 4.97. The van der Waals surface area contributed by atoms with E-state index in [0.29, 0.717) is 0 Å². The number of aromatic nitrogens is 1. The molecule has 0 radical (unpaired) electrons. The molecule has 0 aliphatic carbocycles. The molecule has 0 unspecified atom stereocenters. The Kier molecular flexibility index (Phi) is 4.54. The standard InChI is InChI=1S/C19H20N2S/c1-15-7-3-4-9-17(15)13-21(14-18-10-6-12-22-18)19-16(2)8-5-11-20-19/h3-12H,13-14H2,1-2H3. The Labute approximate surface area is 136 Å². The number of benzene rings is 1. The first-order valence-corrected chi connectivity index (χ1v) is 8.35. The number of rotatable bonds is 5. The monoisotopic (exact) mass is 308 g/mol. The van der Waals surface area contributed by atoms with Gasteiger partial charge in [0.05, 0.1) is 6.54 Å². The van der Waals surface area contributed by atoms with Crippen molar-refractivity contribution in [1.82, 2.24) is 4.98 Å². The fourth-order valence-electron chi connectivity index (χ4n) is 2.60. The van der Waals surface area contributed by atoms with Gasteiger partial charge in [0.15, 0.2) is 0 Å². The maximum absolute atomic E-state index is 4.62. The van der Waals surface area contributed by atoms with Crippen molar-refractivity contribution in [3.63, 3.8) is 0 Å². The van der Waals surface area contributed by atoms with Crippen LogP contribution in [0, 0.1) is 13.8 Å². The van der Waals surface area contributed by atoms with Crippen molar-refractivity contribution < 1.29 is 0 Å². The zero-order valence-electron chi connectivity index (χ0n) is 13.0. The SMILES string of the molecule is Cc1ccccc1CN(Cc1cccs1)c1ncccc1C. The summed E-state index contributed by atoms with van der Waals surface area (Å²) in [4.78, 5) is 8.34. The van der Waals surface area contributed by atoms with Crippen LogP contribution in [0.2, 0.25) is 0 Å². The first-order chi connectivity index (χ1) is 10.7. The van der Waals surface area contributed by atoms with E-state index in [9.17, 15) is 0 Å². The number of thiophene rings is 1. The summed E-state index contributed by atoms with van der Waals surface area (Å²) in [5, 5.41) is 2.13. The number of hydrogen-bond acceptors (Lipinski definition) is 3. The highest BCUT2D eigenvalue weighted by Gasteiger charge is 2.13. The van der Waals surface area contributed by atoms with Gasteiger partial charge in [-0.05, 0) is 48.1 Å². The van der Waals surface area contributed by atoms with Crippen molar-refractivity contribution in [2.45, 2.75) is 26.9 Å². The minimum absolute atomic E-state index is 0.877. The van der Waals surface area contributed by atoms with E-state index in [1.807, 2.05) is 12.3 Å². The van der Waals surface area contributed by atoms with Gasteiger partial charge in [-0.25, -0.2) is 4.98 Å². The van der Waals surface area contributed by atoms with Gasteiger partial charge in [0.25, 0.3) is 0 Å². The van der Waals surface area contributed by atoms with Gasteiger partial charge in [-0.2, -0.15) is 0 Å². The van der Waals surface area contributed by atoms with E-state index < -0.39 is 0 Å². The van der Waals surface area contributed by atoms with Gasteiger partial charge in [0, 0.05) is 17.6 Å². The van der Waals surface area contributed by atoms with Crippen molar-refractivity contribution in [3.05, 3.63) is 81.7 Å². The number of nitrogens with zero attached hydrogens (tertiary/aromatic N) is 2. The van der Waals surface area contributed by atoms with Crippen molar-refractivity contribution in [1.29, 1.82) is 0 Å². The third kappa shape index (κ3) is 3.37. The number of aryl methyl sites for hydroxylation is 2. The molecule has 0 amide bonds. The van der Waals surface area contributed by atoms with Crippen LogP contribution in [0.5, 0.6) is 0 Å². The van der Waals surface area contributed by atoms with Gasteiger partial charge in [-0.15, -0.1) is 11.3 Å². The van der Waals surface area contributed by atoms with Gasteiger partial charge >= 0.3 is 0 Å². The van der Waals surface area contributed by atoms with Crippen molar-refractivity contribution in [3.8, 4) is 0 Å². The fraction of sp³-hybridized carbons (Fsp3) is 0.211. The molecule has 2 nitrogen and oxygen atoms in total. The smallest absolute Gasteiger partial charge is 0.132 e. The second-order valence-corrected chi connectivity index (χ2v) is 6.54. The maximum Gasteiger partial charge on any atom is 0.132 e. The molecule has 0 N–H and O–H groups in total. The normalized spacial score (nSPS) is 10.6. The fourth-order valence-corrected chi connectivity index (χ4v) is 3.32. The molecule has 0 atom stereocenters. The molecule has 0 saturated carbocycles. The minimum atomic E-state index is 0.877. The summed E-state index contributed by atoms with van der Waals surface area (Å²) in [6, 6.07) is 17.0. The topological polar surface area (TPSA) is 16.1 Å². The largest absolute Gasteiger partial charge is 0.347 e. The van der Waals surface area contributed by atoms with Crippen molar-refractivity contribution in [2.24, 2.45) is 0 Å². The lowest BCUT2D eigenvalue weighted by Gasteiger charge is -2.25. The highest BCUT2D eigenvalue weighted by molar-refractivity contribution is 7.09. The second kappa shape index (κ2) is 6.75. The van der Waals surface area contributed by atoms with Crippen LogP contribution in [-0.4, -0.2) is 4.98 Å². The Morgan fingerprint density at radius 1 is 0.909 bits per heavy atom. The van der Waals surface area contributed by atoms with E-state index >= 15 is 0 Å². The van der Waals surface area contributed by atoms with Crippen LogP contribution >= 0.6 is 11.3 Å². The summed E-state index contributed by atoms with van der Waals surface area (Å²) in [6.07, 6.45) is 1.88. The molecule has 0 fully saturated rings. The lowest BCUT2D eigenvalue weighted by Crippen LogP contribution is -2.24. The van der Waals surface area contributed by atoms with E-state index in [0.717, 1.165) is 18.9 Å². The van der Waals surface area contributed by atoms with Crippen LogP contribution in [-0.2, 0) is 13.1 Å². The predicted molar refractivity (Wildman–Crippen MR) is 94.4 cm³/mol. The summed E-state index contributed by atoms with van der Waals surface area (Å²) < 4.78 is 0. The van der Waals surface area contributed by atoms with Gasteiger partial charge in [-0.1, -0.05) is 36.4 Å². The summed E-state index contributed by atoms with van der Waals surface area (Å²) in [7, 11) is 0. The van der Waals surface area contributed by atoms with Crippen LogP contribution in [0.4, 0.5) is 5.82 Å². The molecule has 3 heteroatoms. The molecule has 112 valence electrons. The summed E-state index contributed by atoms with van der Waals surface area (Å²) in [5.41, 5.74) is 3.89. The van der Waals surface area contributed by atoms with Crippen LogP contribution < -0.4 is 4.90 Å². The molecule has 2 aromatic heterocycles. The number of pyridine rings is 1. The average Bonchev–Trinajstić information content (AvgIpc) is 3.02. The van der Waals surface area contributed by atoms with E-state index in [2.05, 4.69) is 71.6 Å². The van der Waals surface area contributed by atoms with E-state index in [-0.39, 0.29) is 0 Å². The summed E-state index contributed by atoms with van der Waals surface area (Å²) >= 11 is 1.80. The van der Waals surface area contributed by atoms with Crippen molar-refractivity contribution in [2.75, 3.05) is 4.90 Å². The molecule has 22 heavy (non-hydrogen) atoms. The zero-order chi connectivity index (χ0) is 15.4.